The van der Waals surface area contributed by atoms with Gasteiger partial charge in [0.2, 0.25) is 0 Å². The molecule has 0 bridgehead atoms. The van der Waals surface area contributed by atoms with Crippen LogP contribution in [0.15, 0.2) is 47.6 Å². The van der Waals surface area contributed by atoms with Crippen molar-refractivity contribution >= 4 is 11.7 Å². The molecule has 3 nitrogen and oxygen atoms in total. The monoisotopic (exact) mass is 171 g/mol. The van der Waals surface area contributed by atoms with Gasteiger partial charge in [-0.1, -0.05) is 36.9 Å². The summed E-state index contributed by atoms with van der Waals surface area (Å²) in [7, 11) is 0. The molecule has 0 spiro atoms. The highest BCUT2D eigenvalue weighted by molar-refractivity contribution is 6.19. The third-order valence-corrected chi connectivity index (χ3v) is 1.83. The zero-order chi connectivity index (χ0) is 9.26. The Morgan fingerprint density at radius 1 is 1.23 bits per heavy atom. The second-order valence-electron chi connectivity index (χ2n) is 2.77. The van der Waals surface area contributed by atoms with Gasteiger partial charge in [-0.2, -0.15) is 0 Å². The van der Waals surface area contributed by atoms with Crippen LogP contribution >= 0.6 is 0 Å². The van der Waals surface area contributed by atoms with Crippen molar-refractivity contribution in [3.63, 3.8) is 0 Å². The van der Waals surface area contributed by atoms with Crippen LogP contribution in [-0.2, 0) is 0 Å². The molecule has 1 heterocycles. The molecule has 0 amide bonds. The maximum atomic E-state index is 7.41. The lowest BCUT2D eigenvalue weighted by Gasteiger charge is -1.99. The number of hydrogen-bond donors (Lipinski definition) is 2. The Morgan fingerprint density at radius 3 is 2.46 bits per heavy atom. The van der Waals surface area contributed by atoms with Crippen molar-refractivity contribution < 1.29 is 0 Å². The van der Waals surface area contributed by atoms with Gasteiger partial charge in [0.25, 0.3) is 0 Å². The Kier molecular flexibility index (Phi) is 1.70. The molecule has 0 saturated carbocycles. The molecule has 13 heavy (non-hydrogen) atoms. The highest BCUT2D eigenvalue weighted by atomic mass is 15.1. The molecule has 1 aromatic carbocycles. The number of benzene rings is 1. The van der Waals surface area contributed by atoms with Gasteiger partial charge in [-0.3, -0.25) is 5.41 Å². The molecule has 0 radical (unpaired) electrons. The Bertz CT molecular complexity index is 390. The summed E-state index contributed by atoms with van der Waals surface area (Å²) in [4.78, 5) is 4.13. The van der Waals surface area contributed by atoms with E-state index in [4.69, 9.17) is 5.41 Å². The number of rotatable bonds is 1. The Labute approximate surface area is 76.3 Å². The first kappa shape index (κ1) is 7.73. The van der Waals surface area contributed by atoms with Gasteiger partial charge in [0.15, 0.2) is 0 Å². The first-order chi connectivity index (χ1) is 6.27. The van der Waals surface area contributed by atoms with Crippen molar-refractivity contribution in [2.45, 2.75) is 0 Å². The van der Waals surface area contributed by atoms with E-state index in [1.165, 1.54) is 0 Å². The van der Waals surface area contributed by atoms with E-state index in [1.807, 2.05) is 30.3 Å². The first-order valence-corrected chi connectivity index (χ1v) is 3.96. The summed E-state index contributed by atoms with van der Waals surface area (Å²) in [6, 6.07) is 9.70. The summed E-state index contributed by atoms with van der Waals surface area (Å²) >= 11 is 0. The summed E-state index contributed by atoms with van der Waals surface area (Å²) in [5, 5.41) is 10.3. The van der Waals surface area contributed by atoms with Crippen LogP contribution in [0.25, 0.3) is 0 Å². The SMILES string of the molecule is C=C1N=C(c2ccccc2)NC1=N. The van der Waals surface area contributed by atoms with Crippen LogP contribution in [0.2, 0.25) is 0 Å². The molecule has 0 atom stereocenters. The molecule has 0 aliphatic carbocycles. The van der Waals surface area contributed by atoms with Gasteiger partial charge >= 0.3 is 0 Å². The van der Waals surface area contributed by atoms with E-state index in [1.54, 1.807) is 0 Å². The van der Waals surface area contributed by atoms with E-state index < -0.39 is 0 Å². The lowest BCUT2D eigenvalue weighted by atomic mass is 10.2. The predicted octanol–water partition coefficient (Wildman–Crippen LogP) is 1.53. The van der Waals surface area contributed by atoms with E-state index in [0.717, 1.165) is 5.56 Å². The Hall–Kier alpha value is -1.90. The van der Waals surface area contributed by atoms with Crippen molar-refractivity contribution in [3.05, 3.63) is 48.2 Å². The van der Waals surface area contributed by atoms with E-state index >= 15 is 0 Å². The zero-order valence-corrected chi connectivity index (χ0v) is 7.04. The van der Waals surface area contributed by atoms with Crippen LogP contribution < -0.4 is 5.32 Å². The molecule has 0 fully saturated rings. The standard InChI is InChI=1S/C10H9N3/c1-7-9(11)13-10(12-7)8-5-3-2-4-6-8/h2-6H,1H2,(H2,11,12,13). The van der Waals surface area contributed by atoms with Gasteiger partial charge in [0.1, 0.15) is 17.4 Å². The number of nitrogens with zero attached hydrogens (tertiary/aromatic N) is 1. The minimum Gasteiger partial charge on any atom is -0.323 e. The van der Waals surface area contributed by atoms with Crippen LogP contribution in [-0.4, -0.2) is 11.7 Å². The molecule has 1 aliphatic heterocycles. The van der Waals surface area contributed by atoms with Gasteiger partial charge in [-0.05, 0) is 0 Å². The van der Waals surface area contributed by atoms with Gasteiger partial charge in [-0.15, -0.1) is 0 Å². The molecule has 1 aliphatic rings. The summed E-state index contributed by atoms with van der Waals surface area (Å²) in [5.74, 6) is 0.981. The van der Waals surface area contributed by atoms with Crippen molar-refractivity contribution in [3.8, 4) is 0 Å². The molecule has 64 valence electrons. The smallest absolute Gasteiger partial charge is 0.149 e. The lowest BCUT2D eigenvalue weighted by molar-refractivity contribution is 1.33. The minimum absolute atomic E-state index is 0.277. The van der Waals surface area contributed by atoms with Crippen LogP contribution in [0.1, 0.15) is 5.56 Å². The third-order valence-electron chi connectivity index (χ3n) is 1.83. The maximum Gasteiger partial charge on any atom is 0.149 e. The number of nitrogens with one attached hydrogen (secondary N) is 2. The second kappa shape index (κ2) is 2.86. The summed E-state index contributed by atoms with van der Waals surface area (Å²) in [5.41, 5.74) is 1.46. The average molecular weight is 171 g/mol. The summed E-state index contributed by atoms with van der Waals surface area (Å²) in [6.45, 7) is 3.64. The van der Waals surface area contributed by atoms with Crippen LogP contribution in [0.4, 0.5) is 0 Å². The number of aliphatic imine (C=N–C) groups is 1. The average Bonchev–Trinajstić information content (AvgIpc) is 2.49. The highest BCUT2D eigenvalue weighted by Crippen LogP contribution is 2.08. The van der Waals surface area contributed by atoms with Crippen molar-refractivity contribution in [2.75, 3.05) is 0 Å². The molecular weight excluding hydrogens is 162 g/mol. The molecule has 0 saturated heterocycles. The van der Waals surface area contributed by atoms with Gasteiger partial charge in [-0.25, -0.2) is 4.99 Å². The first-order valence-electron chi connectivity index (χ1n) is 3.96. The Balaban J connectivity index is 2.35. The van der Waals surface area contributed by atoms with E-state index in [-0.39, 0.29) is 5.84 Å². The van der Waals surface area contributed by atoms with E-state index in [0.29, 0.717) is 11.5 Å². The van der Waals surface area contributed by atoms with Crippen LogP contribution in [0.3, 0.4) is 0 Å². The maximum absolute atomic E-state index is 7.41. The molecule has 0 aromatic heterocycles. The van der Waals surface area contributed by atoms with Gasteiger partial charge in [0, 0.05) is 5.56 Å². The molecule has 3 heteroatoms. The van der Waals surface area contributed by atoms with Crippen molar-refractivity contribution in [1.29, 1.82) is 5.41 Å². The number of amidine groups is 2. The van der Waals surface area contributed by atoms with Crippen molar-refractivity contribution in [2.24, 2.45) is 4.99 Å². The number of hydrogen-bond acceptors (Lipinski definition) is 2. The third kappa shape index (κ3) is 1.36. The normalized spacial score (nSPS) is 15.5. The summed E-state index contributed by atoms with van der Waals surface area (Å²) < 4.78 is 0. The fourth-order valence-corrected chi connectivity index (χ4v) is 1.14. The zero-order valence-electron chi connectivity index (χ0n) is 7.04. The van der Waals surface area contributed by atoms with E-state index in [9.17, 15) is 0 Å². The highest BCUT2D eigenvalue weighted by Gasteiger charge is 2.14. The van der Waals surface area contributed by atoms with Crippen LogP contribution in [0.5, 0.6) is 0 Å². The van der Waals surface area contributed by atoms with Crippen LogP contribution in [0, 0.1) is 5.41 Å². The van der Waals surface area contributed by atoms with Gasteiger partial charge < -0.3 is 5.32 Å². The van der Waals surface area contributed by atoms with Crippen molar-refractivity contribution in [1.82, 2.24) is 5.32 Å². The quantitative estimate of drug-likeness (QED) is 0.661. The largest absolute Gasteiger partial charge is 0.323 e. The molecule has 1 aromatic rings. The molecule has 0 unspecified atom stereocenters. The molecular formula is C10H9N3. The summed E-state index contributed by atoms with van der Waals surface area (Å²) in [6.07, 6.45) is 0. The van der Waals surface area contributed by atoms with Gasteiger partial charge in [0.05, 0.1) is 0 Å². The molecule has 2 rings (SSSR count). The molecule has 2 N–H and O–H groups in total. The van der Waals surface area contributed by atoms with E-state index in [2.05, 4.69) is 16.9 Å². The second-order valence-corrected chi connectivity index (χ2v) is 2.77. The fraction of sp³-hybridized carbons (Fsp3) is 0. The minimum atomic E-state index is 0.277. The lowest BCUT2D eigenvalue weighted by Crippen LogP contribution is -2.23. The predicted molar refractivity (Wildman–Crippen MR) is 53.0 cm³/mol. The fourth-order valence-electron chi connectivity index (χ4n) is 1.14. The topological polar surface area (TPSA) is 48.2 Å². The Morgan fingerprint density at radius 2 is 1.92 bits per heavy atom.